The van der Waals surface area contributed by atoms with Crippen LogP contribution in [0.25, 0.3) is 0 Å². The lowest BCUT2D eigenvalue weighted by molar-refractivity contribution is 0.0994. The van der Waals surface area contributed by atoms with Gasteiger partial charge in [-0.25, -0.2) is 8.78 Å². The Morgan fingerprint density at radius 1 is 1.31 bits per heavy atom. The van der Waals surface area contributed by atoms with E-state index in [1.807, 2.05) is 6.92 Å². The summed E-state index contributed by atoms with van der Waals surface area (Å²) in [4.78, 5) is 0. The third-order valence-corrected chi connectivity index (χ3v) is 3.17. The molecule has 0 amide bonds. The molecule has 1 aromatic rings. The SMILES string of the molecule is CC1OCCC1C(N)c1cc(F)cc(F)c1. The zero-order chi connectivity index (χ0) is 11.7. The largest absolute Gasteiger partial charge is 0.378 e. The summed E-state index contributed by atoms with van der Waals surface area (Å²) in [6.45, 7) is 2.60. The molecule has 1 aromatic carbocycles. The Kier molecular flexibility index (Phi) is 3.21. The average Bonchev–Trinajstić information content (AvgIpc) is 2.62. The Balaban J connectivity index is 2.22. The Hall–Kier alpha value is -1.00. The van der Waals surface area contributed by atoms with Crippen LogP contribution in [-0.4, -0.2) is 12.7 Å². The van der Waals surface area contributed by atoms with Gasteiger partial charge in [-0.15, -0.1) is 0 Å². The van der Waals surface area contributed by atoms with Gasteiger partial charge in [-0.2, -0.15) is 0 Å². The van der Waals surface area contributed by atoms with Crippen LogP contribution in [0.5, 0.6) is 0 Å². The summed E-state index contributed by atoms with van der Waals surface area (Å²) in [5.74, 6) is -1.05. The number of hydrogen-bond donors (Lipinski definition) is 1. The van der Waals surface area contributed by atoms with E-state index in [2.05, 4.69) is 0 Å². The maximum absolute atomic E-state index is 13.0. The van der Waals surface area contributed by atoms with Crippen molar-refractivity contribution in [3.63, 3.8) is 0 Å². The van der Waals surface area contributed by atoms with Gasteiger partial charge in [0.2, 0.25) is 0 Å². The van der Waals surface area contributed by atoms with E-state index in [-0.39, 0.29) is 18.1 Å². The van der Waals surface area contributed by atoms with E-state index < -0.39 is 11.6 Å². The van der Waals surface area contributed by atoms with Crippen LogP contribution < -0.4 is 5.73 Å². The molecule has 1 aliphatic heterocycles. The molecule has 0 spiro atoms. The number of benzene rings is 1. The zero-order valence-electron chi connectivity index (χ0n) is 9.12. The molecule has 1 heterocycles. The minimum atomic E-state index is -0.586. The first kappa shape index (κ1) is 11.5. The molecule has 0 bridgehead atoms. The molecule has 1 fully saturated rings. The molecule has 3 unspecified atom stereocenters. The molecular weight excluding hydrogens is 212 g/mol. The van der Waals surface area contributed by atoms with Crippen molar-refractivity contribution in [2.75, 3.05) is 6.61 Å². The molecule has 0 radical (unpaired) electrons. The van der Waals surface area contributed by atoms with Gasteiger partial charge in [0.1, 0.15) is 11.6 Å². The second-order valence-corrected chi connectivity index (χ2v) is 4.26. The number of ether oxygens (including phenoxy) is 1. The predicted octanol–water partition coefficient (Wildman–Crippen LogP) is 2.39. The highest BCUT2D eigenvalue weighted by Gasteiger charge is 2.30. The molecule has 2 rings (SSSR count). The van der Waals surface area contributed by atoms with E-state index in [1.165, 1.54) is 12.1 Å². The van der Waals surface area contributed by atoms with Crippen molar-refractivity contribution in [2.24, 2.45) is 11.7 Å². The number of halogens is 2. The highest BCUT2D eigenvalue weighted by atomic mass is 19.1. The second kappa shape index (κ2) is 4.47. The molecule has 0 aliphatic carbocycles. The van der Waals surface area contributed by atoms with Crippen molar-refractivity contribution in [1.82, 2.24) is 0 Å². The second-order valence-electron chi connectivity index (χ2n) is 4.26. The van der Waals surface area contributed by atoms with E-state index in [1.54, 1.807) is 0 Å². The monoisotopic (exact) mass is 227 g/mol. The highest BCUT2D eigenvalue weighted by molar-refractivity contribution is 5.22. The fraction of sp³-hybridized carbons (Fsp3) is 0.500. The van der Waals surface area contributed by atoms with Crippen molar-refractivity contribution >= 4 is 0 Å². The summed E-state index contributed by atoms with van der Waals surface area (Å²) in [6, 6.07) is 3.06. The van der Waals surface area contributed by atoms with Gasteiger partial charge in [0.05, 0.1) is 6.10 Å². The van der Waals surface area contributed by atoms with Crippen LogP contribution in [0.15, 0.2) is 18.2 Å². The minimum Gasteiger partial charge on any atom is -0.378 e. The first-order valence-electron chi connectivity index (χ1n) is 5.41. The molecule has 4 heteroatoms. The molecule has 0 aromatic heterocycles. The third-order valence-electron chi connectivity index (χ3n) is 3.17. The predicted molar refractivity (Wildman–Crippen MR) is 56.8 cm³/mol. The molecule has 1 aliphatic rings. The van der Waals surface area contributed by atoms with Gasteiger partial charge in [-0.1, -0.05) is 0 Å². The van der Waals surface area contributed by atoms with Crippen LogP contribution in [0.4, 0.5) is 8.78 Å². The van der Waals surface area contributed by atoms with Crippen LogP contribution in [0.1, 0.15) is 24.9 Å². The lowest BCUT2D eigenvalue weighted by atomic mass is 9.89. The van der Waals surface area contributed by atoms with E-state index >= 15 is 0 Å². The van der Waals surface area contributed by atoms with Crippen LogP contribution in [0, 0.1) is 17.6 Å². The summed E-state index contributed by atoms with van der Waals surface area (Å²) >= 11 is 0. The number of hydrogen-bond acceptors (Lipinski definition) is 2. The standard InChI is InChI=1S/C12H15F2NO/c1-7-11(2-3-16-7)12(15)8-4-9(13)6-10(14)5-8/h4-7,11-12H,2-3,15H2,1H3. The lowest BCUT2D eigenvalue weighted by Gasteiger charge is -2.22. The lowest BCUT2D eigenvalue weighted by Crippen LogP contribution is -2.26. The number of rotatable bonds is 2. The minimum absolute atomic E-state index is 0.0429. The van der Waals surface area contributed by atoms with Crippen LogP contribution in [0.2, 0.25) is 0 Å². The maximum Gasteiger partial charge on any atom is 0.126 e. The molecule has 2 nitrogen and oxygen atoms in total. The van der Waals surface area contributed by atoms with Crippen molar-refractivity contribution < 1.29 is 13.5 Å². The Morgan fingerprint density at radius 3 is 2.44 bits per heavy atom. The van der Waals surface area contributed by atoms with Crippen molar-refractivity contribution in [3.8, 4) is 0 Å². The van der Waals surface area contributed by atoms with Gasteiger partial charge in [0.25, 0.3) is 0 Å². The van der Waals surface area contributed by atoms with Crippen LogP contribution in [-0.2, 0) is 4.74 Å². The van der Waals surface area contributed by atoms with Crippen LogP contribution >= 0.6 is 0 Å². The normalized spacial score (nSPS) is 27.0. The first-order valence-corrected chi connectivity index (χ1v) is 5.41. The van der Waals surface area contributed by atoms with E-state index in [9.17, 15) is 8.78 Å². The number of nitrogens with two attached hydrogens (primary N) is 1. The fourth-order valence-electron chi connectivity index (χ4n) is 2.23. The highest BCUT2D eigenvalue weighted by Crippen LogP contribution is 2.31. The van der Waals surface area contributed by atoms with E-state index in [0.717, 1.165) is 12.5 Å². The smallest absolute Gasteiger partial charge is 0.126 e. The van der Waals surface area contributed by atoms with E-state index in [0.29, 0.717) is 12.2 Å². The third kappa shape index (κ3) is 2.23. The fourth-order valence-corrected chi connectivity index (χ4v) is 2.23. The van der Waals surface area contributed by atoms with Gasteiger partial charge >= 0.3 is 0 Å². The summed E-state index contributed by atoms with van der Waals surface area (Å²) in [5.41, 5.74) is 6.52. The summed E-state index contributed by atoms with van der Waals surface area (Å²) < 4.78 is 31.5. The van der Waals surface area contributed by atoms with Gasteiger partial charge in [0.15, 0.2) is 0 Å². The van der Waals surface area contributed by atoms with Crippen molar-refractivity contribution in [2.45, 2.75) is 25.5 Å². The maximum atomic E-state index is 13.0. The molecule has 2 N–H and O–H groups in total. The van der Waals surface area contributed by atoms with Crippen molar-refractivity contribution in [3.05, 3.63) is 35.4 Å². The summed E-state index contributed by atoms with van der Waals surface area (Å²) in [5, 5.41) is 0. The molecule has 88 valence electrons. The van der Waals surface area contributed by atoms with Crippen molar-refractivity contribution in [1.29, 1.82) is 0 Å². The Labute approximate surface area is 93.4 Å². The summed E-state index contributed by atoms with van der Waals surface area (Å²) in [6.07, 6.45) is 0.877. The molecular formula is C12H15F2NO. The van der Waals surface area contributed by atoms with Gasteiger partial charge in [0, 0.05) is 24.6 Å². The zero-order valence-corrected chi connectivity index (χ0v) is 9.12. The first-order chi connectivity index (χ1) is 7.58. The van der Waals surface area contributed by atoms with Gasteiger partial charge in [-0.05, 0) is 31.0 Å². The molecule has 3 atom stereocenters. The van der Waals surface area contributed by atoms with E-state index in [4.69, 9.17) is 10.5 Å². The topological polar surface area (TPSA) is 35.2 Å². The Bertz CT molecular complexity index is 363. The molecule has 16 heavy (non-hydrogen) atoms. The van der Waals surface area contributed by atoms with Crippen LogP contribution in [0.3, 0.4) is 0 Å². The Morgan fingerprint density at radius 2 is 1.94 bits per heavy atom. The average molecular weight is 227 g/mol. The molecule has 1 saturated heterocycles. The van der Waals surface area contributed by atoms with Gasteiger partial charge < -0.3 is 10.5 Å². The molecule has 0 saturated carbocycles. The van der Waals surface area contributed by atoms with Gasteiger partial charge in [-0.3, -0.25) is 0 Å². The quantitative estimate of drug-likeness (QED) is 0.842. The summed E-state index contributed by atoms with van der Waals surface area (Å²) in [7, 11) is 0.